The highest BCUT2D eigenvalue weighted by Gasteiger charge is 2.10. The maximum absolute atomic E-state index is 12.2. The van der Waals surface area contributed by atoms with E-state index >= 15 is 0 Å². The molecule has 0 spiro atoms. The monoisotopic (exact) mass is 312 g/mol. The standard InChI is InChI=1S/C18H24N4O/c1-13(2)20-17-12-16(21-14(3)22-17)18(23)19-11-7-10-15-8-5-4-6-9-15/h4-6,8-9,12-13H,7,10-11H2,1-3H3,(H,19,23)(H,20,21,22). The van der Waals surface area contributed by atoms with E-state index in [1.165, 1.54) is 5.56 Å². The minimum Gasteiger partial charge on any atom is -0.368 e. The van der Waals surface area contributed by atoms with Crippen LogP contribution in [0.1, 0.15) is 42.1 Å². The zero-order valence-electron chi connectivity index (χ0n) is 14.0. The summed E-state index contributed by atoms with van der Waals surface area (Å²) in [5.74, 6) is 1.11. The van der Waals surface area contributed by atoms with Gasteiger partial charge in [0.05, 0.1) is 0 Å². The normalized spacial score (nSPS) is 10.6. The lowest BCUT2D eigenvalue weighted by Gasteiger charge is -2.11. The molecule has 2 rings (SSSR count). The summed E-state index contributed by atoms with van der Waals surface area (Å²) in [7, 11) is 0. The molecule has 0 unspecified atom stereocenters. The van der Waals surface area contributed by atoms with Crippen molar-refractivity contribution in [3.05, 3.63) is 53.5 Å². The zero-order chi connectivity index (χ0) is 16.7. The maximum Gasteiger partial charge on any atom is 0.270 e. The predicted molar refractivity (Wildman–Crippen MR) is 92.6 cm³/mol. The highest BCUT2D eigenvalue weighted by atomic mass is 16.1. The Bertz CT molecular complexity index is 641. The Balaban J connectivity index is 1.86. The SMILES string of the molecule is Cc1nc(NC(C)C)cc(C(=O)NCCCc2ccccc2)n1. The second kappa shape index (κ2) is 8.27. The minimum absolute atomic E-state index is 0.157. The summed E-state index contributed by atoms with van der Waals surface area (Å²) < 4.78 is 0. The first-order valence-corrected chi connectivity index (χ1v) is 7.99. The second-order valence-electron chi connectivity index (χ2n) is 5.83. The molecule has 23 heavy (non-hydrogen) atoms. The number of aromatic nitrogens is 2. The average Bonchev–Trinajstić information content (AvgIpc) is 2.51. The van der Waals surface area contributed by atoms with Crippen molar-refractivity contribution in [1.29, 1.82) is 0 Å². The zero-order valence-corrected chi connectivity index (χ0v) is 14.0. The molecule has 2 N–H and O–H groups in total. The molecule has 0 aliphatic carbocycles. The molecule has 0 aliphatic heterocycles. The molecule has 0 saturated carbocycles. The van der Waals surface area contributed by atoms with Gasteiger partial charge in [0.1, 0.15) is 17.3 Å². The topological polar surface area (TPSA) is 66.9 Å². The van der Waals surface area contributed by atoms with Crippen LogP contribution in [0.3, 0.4) is 0 Å². The fraction of sp³-hybridized carbons (Fsp3) is 0.389. The number of hydrogen-bond donors (Lipinski definition) is 2. The summed E-state index contributed by atoms with van der Waals surface area (Å²) in [6.45, 7) is 6.48. The van der Waals surface area contributed by atoms with Crippen LogP contribution in [0.25, 0.3) is 0 Å². The van der Waals surface area contributed by atoms with Crippen LogP contribution >= 0.6 is 0 Å². The third kappa shape index (κ3) is 5.70. The van der Waals surface area contributed by atoms with Crippen molar-refractivity contribution in [3.63, 3.8) is 0 Å². The van der Waals surface area contributed by atoms with E-state index in [2.05, 4.69) is 32.7 Å². The van der Waals surface area contributed by atoms with E-state index in [1.807, 2.05) is 32.0 Å². The van der Waals surface area contributed by atoms with E-state index in [4.69, 9.17) is 0 Å². The Kier molecular flexibility index (Phi) is 6.09. The van der Waals surface area contributed by atoms with Gasteiger partial charge in [0.15, 0.2) is 0 Å². The van der Waals surface area contributed by atoms with Gasteiger partial charge in [0.2, 0.25) is 0 Å². The molecule has 0 atom stereocenters. The summed E-state index contributed by atoms with van der Waals surface area (Å²) in [6.07, 6.45) is 1.85. The average molecular weight is 312 g/mol. The van der Waals surface area contributed by atoms with E-state index in [9.17, 15) is 4.79 Å². The first kappa shape index (κ1) is 16.9. The molecule has 5 nitrogen and oxygen atoms in total. The smallest absolute Gasteiger partial charge is 0.270 e. The molecule has 0 fully saturated rings. The Labute approximate surface area is 137 Å². The molecule has 0 radical (unpaired) electrons. The second-order valence-corrected chi connectivity index (χ2v) is 5.83. The van der Waals surface area contributed by atoms with Crippen LogP contribution in [0, 0.1) is 6.92 Å². The van der Waals surface area contributed by atoms with Crippen LogP contribution in [-0.4, -0.2) is 28.5 Å². The van der Waals surface area contributed by atoms with Gasteiger partial charge in [-0.25, -0.2) is 9.97 Å². The largest absolute Gasteiger partial charge is 0.368 e. The lowest BCUT2D eigenvalue weighted by molar-refractivity contribution is 0.0948. The number of aryl methyl sites for hydroxylation is 2. The molecule has 122 valence electrons. The third-order valence-corrected chi connectivity index (χ3v) is 3.28. The van der Waals surface area contributed by atoms with E-state index < -0.39 is 0 Å². The van der Waals surface area contributed by atoms with Crippen LogP contribution in [0.2, 0.25) is 0 Å². The molecule has 1 aromatic heterocycles. The van der Waals surface area contributed by atoms with Gasteiger partial charge < -0.3 is 10.6 Å². The molecular formula is C18H24N4O. The van der Waals surface area contributed by atoms with Crippen LogP contribution in [-0.2, 0) is 6.42 Å². The highest BCUT2D eigenvalue weighted by molar-refractivity contribution is 5.92. The van der Waals surface area contributed by atoms with Crippen molar-refractivity contribution < 1.29 is 4.79 Å². The molecule has 1 heterocycles. The number of nitrogens with zero attached hydrogens (tertiary/aromatic N) is 2. The summed E-state index contributed by atoms with van der Waals surface area (Å²) >= 11 is 0. The van der Waals surface area contributed by atoms with E-state index in [0.29, 0.717) is 23.9 Å². The number of benzene rings is 1. The van der Waals surface area contributed by atoms with Crippen LogP contribution in [0.4, 0.5) is 5.82 Å². The van der Waals surface area contributed by atoms with Gasteiger partial charge in [-0.3, -0.25) is 4.79 Å². The van der Waals surface area contributed by atoms with Crippen LogP contribution in [0.15, 0.2) is 36.4 Å². The quantitative estimate of drug-likeness (QED) is 0.771. The lowest BCUT2D eigenvalue weighted by Crippen LogP contribution is -2.26. The number of rotatable bonds is 7. The minimum atomic E-state index is -0.157. The van der Waals surface area contributed by atoms with Crippen molar-refractivity contribution in [2.45, 2.75) is 39.7 Å². The molecule has 5 heteroatoms. The molecule has 2 aromatic rings. The molecule has 1 aromatic carbocycles. The lowest BCUT2D eigenvalue weighted by atomic mass is 10.1. The molecule has 1 amide bonds. The Hall–Kier alpha value is -2.43. The van der Waals surface area contributed by atoms with Gasteiger partial charge >= 0.3 is 0 Å². The number of hydrogen-bond acceptors (Lipinski definition) is 4. The fourth-order valence-electron chi connectivity index (χ4n) is 2.28. The third-order valence-electron chi connectivity index (χ3n) is 3.28. The highest BCUT2D eigenvalue weighted by Crippen LogP contribution is 2.08. The number of anilines is 1. The summed E-state index contributed by atoms with van der Waals surface area (Å²) in [4.78, 5) is 20.7. The first-order chi connectivity index (χ1) is 11.0. The fourth-order valence-corrected chi connectivity index (χ4v) is 2.28. The van der Waals surface area contributed by atoms with E-state index in [-0.39, 0.29) is 11.9 Å². The van der Waals surface area contributed by atoms with E-state index in [1.54, 1.807) is 13.0 Å². The summed E-state index contributed by atoms with van der Waals surface area (Å²) in [5, 5.41) is 6.12. The summed E-state index contributed by atoms with van der Waals surface area (Å²) in [5.41, 5.74) is 1.68. The Morgan fingerprint density at radius 2 is 1.91 bits per heavy atom. The molecular weight excluding hydrogens is 288 g/mol. The molecule has 0 saturated heterocycles. The number of nitrogens with one attached hydrogen (secondary N) is 2. The van der Waals surface area contributed by atoms with Crippen molar-refractivity contribution in [3.8, 4) is 0 Å². The van der Waals surface area contributed by atoms with Gasteiger partial charge in [-0.1, -0.05) is 30.3 Å². The first-order valence-electron chi connectivity index (χ1n) is 7.99. The summed E-state index contributed by atoms with van der Waals surface area (Å²) in [6, 6.07) is 12.2. The Morgan fingerprint density at radius 1 is 1.17 bits per heavy atom. The van der Waals surface area contributed by atoms with Gasteiger partial charge in [0, 0.05) is 18.7 Å². The molecule has 0 bridgehead atoms. The molecule has 0 aliphatic rings. The van der Waals surface area contributed by atoms with Crippen molar-refractivity contribution in [1.82, 2.24) is 15.3 Å². The van der Waals surface area contributed by atoms with Crippen LogP contribution < -0.4 is 10.6 Å². The van der Waals surface area contributed by atoms with Crippen molar-refractivity contribution in [2.75, 3.05) is 11.9 Å². The van der Waals surface area contributed by atoms with Gasteiger partial charge in [-0.05, 0) is 39.2 Å². The number of carbonyl (C=O) groups is 1. The number of amides is 1. The Morgan fingerprint density at radius 3 is 2.61 bits per heavy atom. The van der Waals surface area contributed by atoms with E-state index in [0.717, 1.165) is 12.8 Å². The maximum atomic E-state index is 12.2. The van der Waals surface area contributed by atoms with Crippen LogP contribution in [0.5, 0.6) is 0 Å². The van der Waals surface area contributed by atoms with Gasteiger partial charge in [-0.15, -0.1) is 0 Å². The van der Waals surface area contributed by atoms with Crippen molar-refractivity contribution >= 4 is 11.7 Å². The number of carbonyl (C=O) groups excluding carboxylic acids is 1. The van der Waals surface area contributed by atoms with Gasteiger partial charge in [0.25, 0.3) is 5.91 Å². The van der Waals surface area contributed by atoms with Crippen molar-refractivity contribution in [2.24, 2.45) is 0 Å². The predicted octanol–water partition coefficient (Wildman–Crippen LogP) is 2.97. The van der Waals surface area contributed by atoms with Gasteiger partial charge in [-0.2, -0.15) is 0 Å².